The number of allylic oxidation sites excluding steroid dienone is 8. The molecule has 1 atom stereocenters. The van der Waals surface area contributed by atoms with Gasteiger partial charge in [-0.25, -0.2) is 0 Å². The Morgan fingerprint density at radius 3 is 0.772 bits per heavy atom. The summed E-state index contributed by atoms with van der Waals surface area (Å²) < 4.78 is 16.9. The van der Waals surface area contributed by atoms with Crippen molar-refractivity contribution in [2.24, 2.45) is 0 Å². The van der Waals surface area contributed by atoms with E-state index in [4.69, 9.17) is 14.2 Å². The van der Waals surface area contributed by atoms with Crippen LogP contribution in [0.4, 0.5) is 0 Å². The Hall–Kier alpha value is -2.63. The summed E-state index contributed by atoms with van der Waals surface area (Å²) in [7, 11) is 0. The molecule has 0 aliphatic rings. The van der Waals surface area contributed by atoms with Crippen molar-refractivity contribution in [2.45, 2.75) is 386 Å². The number of hydrogen-bond donors (Lipinski definition) is 0. The number of carbonyl (C=O) groups excluding carboxylic acids is 3. The number of carbonyl (C=O) groups is 3. The van der Waals surface area contributed by atoms with Gasteiger partial charge in [-0.1, -0.05) is 352 Å². The van der Waals surface area contributed by atoms with Gasteiger partial charge in [0.1, 0.15) is 13.2 Å². The van der Waals surface area contributed by atoms with Crippen LogP contribution in [0.2, 0.25) is 0 Å². The number of rotatable bonds is 65. The monoisotopic (exact) mass is 1110 g/mol. The van der Waals surface area contributed by atoms with Crippen LogP contribution in [0, 0.1) is 0 Å². The fourth-order valence-corrected chi connectivity index (χ4v) is 10.6. The molecule has 0 aliphatic heterocycles. The molecule has 0 N–H and O–H groups in total. The summed E-state index contributed by atoms with van der Waals surface area (Å²) in [5, 5.41) is 0. The Bertz CT molecular complexity index is 1360. The summed E-state index contributed by atoms with van der Waals surface area (Å²) in [6, 6.07) is 0. The maximum Gasteiger partial charge on any atom is 0.306 e. The van der Waals surface area contributed by atoms with Gasteiger partial charge in [0.15, 0.2) is 6.10 Å². The lowest BCUT2D eigenvalue weighted by atomic mass is 10.0. The molecule has 0 bridgehead atoms. The quantitative estimate of drug-likeness (QED) is 0.0261. The van der Waals surface area contributed by atoms with Gasteiger partial charge >= 0.3 is 17.9 Å². The minimum Gasteiger partial charge on any atom is -0.462 e. The molecule has 79 heavy (non-hydrogen) atoms. The second kappa shape index (κ2) is 67.9. The van der Waals surface area contributed by atoms with E-state index >= 15 is 0 Å². The highest BCUT2D eigenvalue weighted by Gasteiger charge is 2.19. The topological polar surface area (TPSA) is 78.9 Å². The molecule has 0 spiro atoms. The molecule has 0 radical (unpaired) electrons. The van der Waals surface area contributed by atoms with Crippen LogP contribution in [-0.2, 0) is 28.6 Å². The molecular weight excluding hydrogens is 973 g/mol. The minimum atomic E-state index is -0.768. The van der Waals surface area contributed by atoms with Crippen molar-refractivity contribution in [3.63, 3.8) is 0 Å². The van der Waals surface area contributed by atoms with E-state index in [0.29, 0.717) is 19.3 Å². The van der Waals surface area contributed by atoms with E-state index in [1.165, 1.54) is 257 Å². The Kier molecular flexibility index (Phi) is 65.6. The summed E-state index contributed by atoms with van der Waals surface area (Å²) in [5.74, 6) is -0.846. The summed E-state index contributed by atoms with van der Waals surface area (Å²) in [4.78, 5) is 38.2. The van der Waals surface area contributed by atoms with Crippen molar-refractivity contribution in [2.75, 3.05) is 13.2 Å². The van der Waals surface area contributed by atoms with E-state index in [9.17, 15) is 14.4 Å². The van der Waals surface area contributed by atoms with E-state index in [2.05, 4.69) is 69.4 Å². The second-order valence-electron chi connectivity index (χ2n) is 23.8. The zero-order valence-electron chi connectivity index (χ0n) is 53.2. The van der Waals surface area contributed by atoms with Crippen LogP contribution in [0.25, 0.3) is 0 Å². The van der Waals surface area contributed by atoms with Crippen molar-refractivity contribution >= 4 is 17.9 Å². The fraction of sp³-hybridized carbons (Fsp3) is 0.849. The van der Waals surface area contributed by atoms with Crippen LogP contribution >= 0.6 is 0 Å². The van der Waals surface area contributed by atoms with Crippen LogP contribution in [-0.4, -0.2) is 37.2 Å². The third-order valence-electron chi connectivity index (χ3n) is 15.8. The van der Waals surface area contributed by atoms with Crippen LogP contribution in [0.15, 0.2) is 48.6 Å². The highest BCUT2D eigenvalue weighted by Crippen LogP contribution is 2.19. The average molecular weight is 1110 g/mol. The Balaban J connectivity index is 4.07. The maximum atomic E-state index is 12.9. The second-order valence-corrected chi connectivity index (χ2v) is 23.8. The number of esters is 3. The predicted molar refractivity (Wildman–Crippen MR) is 344 cm³/mol. The smallest absolute Gasteiger partial charge is 0.306 e. The molecule has 0 aromatic rings. The van der Waals surface area contributed by atoms with Gasteiger partial charge in [-0.3, -0.25) is 14.4 Å². The largest absolute Gasteiger partial charge is 0.462 e. The lowest BCUT2D eigenvalue weighted by Crippen LogP contribution is -2.30. The number of unbranched alkanes of at least 4 members (excludes halogenated alkanes) is 46. The van der Waals surface area contributed by atoms with E-state index in [1.54, 1.807) is 0 Å². The lowest BCUT2D eigenvalue weighted by Gasteiger charge is -2.18. The van der Waals surface area contributed by atoms with Gasteiger partial charge in [-0.15, -0.1) is 0 Å². The summed E-state index contributed by atoms with van der Waals surface area (Å²) in [6.07, 6.45) is 86.0. The van der Waals surface area contributed by atoms with Crippen LogP contribution in [0.5, 0.6) is 0 Å². The molecule has 0 saturated heterocycles. The number of ether oxygens (including phenoxy) is 3. The van der Waals surface area contributed by atoms with Crippen molar-refractivity contribution < 1.29 is 28.6 Å². The molecule has 462 valence electrons. The standard InChI is InChI=1S/C73H134O6/c1-4-7-10-13-16-19-21-23-25-27-29-31-33-35-37-39-40-42-44-46-48-50-52-54-57-60-63-66-72(75)78-69-70(68-77-71(74)65-62-59-56-18-15-12-9-6-3)79-73(76)67-64-61-58-55-53-51-49-47-45-43-41-38-36-34-32-30-28-26-24-22-20-17-14-11-8-5-2/h7,10,16,19,23,25,29,31,70H,4-6,8-9,11-15,17-18,20-22,24,26-28,30,32-69H2,1-3H3/b10-7-,19-16-,25-23-,31-29-. The third-order valence-corrected chi connectivity index (χ3v) is 15.8. The maximum absolute atomic E-state index is 12.9. The van der Waals surface area contributed by atoms with Crippen LogP contribution < -0.4 is 0 Å². The minimum absolute atomic E-state index is 0.0673. The first-order chi connectivity index (χ1) is 39.0. The first-order valence-corrected chi connectivity index (χ1v) is 35.1. The van der Waals surface area contributed by atoms with Gasteiger partial charge in [-0.05, 0) is 57.8 Å². The van der Waals surface area contributed by atoms with Crippen LogP contribution in [0.3, 0.4) is 0 Å². The molecule has 0 aromatic heterocycles. The Morgan fingerprint density at radius 2 is 0.494 bits per heavy atom. The van der Waals surface area contributed by atoms with Crippen molar-refractivity contribution in [3.05, 3.63) is 48.6 Å². The molecule has 0 amide bonds. The molecule has 0 heterocycles. The van der Waals surface area contributed by atoms with Crippen LogP contribution in [0.1, 0.15) is 380 Å². The lowest BCUT2D eigenvalue weighted by molar-refractivity contribution is -0.167. The molecule has 6 nitrogen and oxygen atoms in total. The summed E-state index contributed by atoms with van der Waals surface area (Å²) in [6.45, 7) is 6.57. The van der Waals surface area contributed by atoms with Gasteiger partial charge in [-0.2, -0.15) is 0 Å². The summed E-state index contributed by atoms with van der Waals surface area (Å²) >= 11 is 0. The van der Waals surface area contributed by atoms with E-state index in [0.717, 1.165) is 83.5 Å². The normalized spacial score (nSPS) is 12.3. The number of hydrogen-bond acceptors (Lipinski definition) is 6. The molecule has 6 heteroatoms. The zero-order valence-corrected chi connectivity index (χ0v) is 53.2. The first-order valence-electron chi connectivity index (χ1n) is 35.1. The Labute approximate surface area is 492 Å². The molecule has 0 rings (SSSR count). The molecule has 0 saturated carbocycles. The van der Waals surface area contributed by atoms with E-state index < -0.39 is 6.10 Å². The highest BCUT2D eigenvalue weighted by molar-refractivity contribution is 5.71. The SMILES string of the molecule is CC/C=C\C/C=C\C/C=C\C/C=C\CCCCCCCCCCCCCCCCC(=O)OCC(COC(=O)CCCCCCCCCC)OC(=O)CCCCCCCCCCCCCCCCCCCCCCCCCCCC. The average Bonchev–Trinajstić information content (AvgIpc) is 3.45. The van der Waals surface area contributed by atoms with Gasteiger partial charge in [0.25, 0.3) is 0 Å². The van der Waals surface area contributed by atoms with Gasteiger partial charge in [0, 0.05) is 19.3 Å². The van der Waals surface area contributed by atoms with Crippen molar-refractivity contribution in [1.82, 2.24) is 0 Å². The molecule has 1 unspecified atom stereocenters. The third kappa shape index (κ3) is 66.1. The van der Waals surface area contributed by atoms with Crippen molar-refractivity contribution in [3.8, 4) is 0 Å². The molecular formula is C73H134O6. The van der Waals surface area contributed by atoms with Gasteiger partial charge in [0.2, 0.25) is 0 Å². The molecule has 0 aliphatic carbocycles. The van der Waals surface area contributed by atoms with Gasteiger partial charge in [0.05, 0.1) is 0 Å². The first kappa shape index (κ1) is 76.4. The van der Waals surface area contributed by atoms with Crippen molar-refractivity contribution in [1.29, 1.82) is 0 Å². The highest BCUT2D eigenvalue weighted by atomic mass is 16.6. The van der Waals surface area contributed by atoms with E-state index in [1.807, 2.05) is 0 Å². The fourth-order valence-electron chi connectivity index (χ4n) is 10.6. The molecule has 0 fully saturated rings. The predicted octanol–water partition coefficient (Wildman–Crippen LogP) is 24.1. The summed E-state index contributed by atoms with van der Waals surface area (Å²) in [5.41, 5.74) is 0. The zero-order chi connectivity index (χ0) is 57.1. The molecule has 0 aromatic carbocycles. The Morgan fingerprint density at radius 1 is 0.266 bits per heavy atom. The van der Waals surface area contributed by atoms with E-state index in [-0.39, 0.29) is 31.1 Å². The van der Waals surface area contributed by atoms with Gasteiger partial charge < -0.3 is 14.2 Å².